The first-order valence-corrected chi connectivity index (χ1v) is 12.0. The first-order valence-electron chi connectivity index (χ1n) is 11.6. The van der Waals surface area contributed by atoms with E-state index < -0.39 is 0 Å². The summed E-state index contributed by atoms with van der Waals surface area (Å²) in [5, 5.41) is 5.59. The van der Waals surface area contributed by atoms with E-state index in [0.29, 0.717) is 0 Å². The molecule has 3 rings (SSSR count). The molecule has 0 aliphatic rings. The van der Waals surface area contributed by atoms with E-state index in [-0.39, 0.29) is 0 Å². The fourth-order valence-electron chi connectivity index (χ4n) is 4.13. The van der Waals surface area contributed by atoms with Crippen LogP contribution in [0.3, 0.4) is 0 Å². The third kappa shape index (κ3) is 6.08. The van der Waals surface area contributed by atoms with E-state index in [9.17, 15) is 0 Å². The Morgan fingerprint density at radius 3 is 2.42 bits per heavy atom. The molecular formula is C26H37N4S+. The summed E-state index contributed by atoms with van der Waals surface area (Å²) in [6.45, 7) is 15.1. The fraction of sp³-hybridized carbons (Fsp3) is 0.423. The highest BCUT2D eigenvalue weighted by Crippen LogP contribution is 2.23. The summed E-state index contributed by atoms with van der Waals surface area (Å²) >= 11 is 5.88. The van der Waals surface area contributed by atoms with Crippen LogP contribution < -0.4 is 10.2 Å². The molecule has 0 aliphatic heterocycles. The first kappa shape index (κ1) is 23.3. The molecule has 0 bridgehead atoms. The molecule has 1 aromatic heterocycles. The number of nitrogens with zero attached hydrogens (tertiary/aromatic N) is 2. The summed E-state index contributed by atoms with van der Waals surface area (Å²) in [6.07, 6.45) is 3.42. The van der Waals surface area contributed by atoms with Gasteiger partial charge in [0.1, 0.15) is 0 Å². The van der Waals surface area contributed by atoms with Crippen LogP contribution in [0.5, 0.6) is 0 Å². The average Bonchev–Trinajstić information content (AvgIpc) is 3.15. The normalized spacial score (nSPS) is 11.3. The van der Waals surface area contributed by atoms with Gasteiger partial charge in [0, 0.05) is 48.8 Å². The molecule has 0 amide bonds. The third-order valence-corrected chi connectivity index (χ3v) is 6.48. The van der Waals surface area contributed by atoms with Crippen molar-refractivity contribution in [2.24, 2.45) is 0 Å². The Morgan fingerprint density at radius 2 is 1.74 bits per heavy atom. The Hall–Kier alpha value is -2.37. The van der Waals surface area contributed by atoms with E-state index in [1.165, 1.54) is 41.7 Å². The van der Waals surface area contributed by atoms with Crippen molar-refractivity contribution in [1.82, 2.24) is 9.47 Å². The number of benzene rings is 2. The van der Waals surface area contributed by atoms with Crippen molar-refractivity contribution < 1.29 is 4.90 Å². The quantitative estimate of drug-likeness (QED) is 0.457. The molecule has 0 unspecified atom stereocenters. The second kappa shape index (κ2) is 11.3. The molecule has 3 aromatic rings. The number of quaternary nitrogens is 1. The second-order valence-corrected chi connectivity index (χ2v) is 8.62. The largest absolute Gasteiger partial charge is 0.347 e. The van der Waals surface area contributed by atoms with Crippen molar-refractivity contribution in [1.29, 1.82) is 0 Å². The second-order valence-electron chi connectivity index (χ2n) is 8.24. The minimum absolute atomic E-state index is 0.798. The summed E-state index contributed by atoms with van der Waals surface area (Å²) in [7, 11) is 0. The zero-order chi connectivity index (χ0) is 22.2. The number of thiocarbonyl (C=S) groups is 1. The van der Waals surface area contributed by atoms with Crippen molar-refractivity contribution >= 4 is 33.9 Å². The van der Waals surface area contributed by atoms with Gasteiger partial charge in [-0.25, -0.2) is 0 Å². The molecule has 2 N–H and O–H groups in total. The molecule has 0 saturated carbocycles. The van der Waals surface area contributed by atoms with Gasteiger partial charge in [-0.2, -0.15) is 0 Å². The standard InChI is InChI=1S/C26H36N4S/c1-5-28(6-2)17-10-18-30(26(31)27-23-15-13-21(4)14-16-23)20-22-19-29(7-3)25-12-9-8-11-24(22)25/h8-9,11-16,19H,5-7,10,17-18,20H2,1-4H3,(H,27,31)/p+1. The predicted octanol–water partition coefficient (Wildman–Crippen LogP) is 4.48. The van der Waals surface area contributed by atoms with Crippen molar-refractivity contribution in [2.75, 3.05) is 31.5 Å². The van der Waals surface area contributed by atoms with Crippen LogP contribution in [0, 0.1) is 6.92 Å². The zero-order valence-corrected chi connectivity index (χ0v) is 20.3. The lowest BCUT2D eigenvalue weighted by Gasteiger charge is -2.27. The molecule has 0 spiro atoms. The van der Waals surface area contributed by atoms with Crippen LogP contribution in [-0.4, -0.2) is 40.8 Å². The smallest absolute Gasteiger partial charge is 0.173 e. The van der Waals surface area contributed by atoms with Crippen molar-refractivity contribution in [3.05, 3.63) is 65.9 Å². The van der Waals surface area contributed by atoms with Gasteiger partial charge >= 0.3 is 0 Å². The summed E-state index contributed by atoms with van der Waals surface area (Å²) in [5.74, 6) is 0. The molecule has 0 fully saturated rings. The Labute approximate surface area is 192 Å². The summed E-state index contributed by atoms with van der Waals surface area (Å²) in [5.41, 5.74) is 4.93. The highest BCUT2D eigenvalue weighted by Gasteiger charge is 2.16. The lowest BCUT2D eigenvalue weighted by molar-refractivity contribution is -0.896. The molecule has 0 saturated heterocycles. The number of fused-ring (bicyclic) bond motifs is 1. The molecule has 1 heterocycles. The Morgan fingerprint density at radius 1 is 1.03 bits per heavy atom. The van der Waals surface area contributed by atoms with Crippen LogP contribution in [-0.2, 0) is 13.1 Å². The van der Waals surface area contributed by atoms with Crippen molar-refractivity contribution in [2.45, 2.75) is 47.2 Å². The van der Waals surface area contributed by atoms with Gasteiger partial charge in [0.25, 0.3) is 0 Å². The van der Waals surface area contributed by atoms with Gasteiger partial charge in [0.15, 0.2) is 5.11 Å². The molecule has 31 heavy (non-hydrogen) atoms. The summed E-state index contributed by atoms with van der Waals surface area (Å²) < 4.78 is 2.33. The molecule has 0 atom stereocenters. The van der Waals surface area contributed by atoms with Crippen LogP contribution >= 0.6 is 12.2 Å². The van der Waals surface area contributed by atoms with Crippen LogP contribution in [0.4, 0.5) is 5.69 Å². The van der Waals surface area contributed by atoms with Gasteiger partial charge in [0.05, 0.1) is 19.6 Å². The highest BCUT2D eigenvalue weighted by molar-refractivity contribution is 7.80. The maximum absolute atomic E-state index is 5.88. The van der Waals surface area contributed by atoms with Crippen LogP contribution in [0.2, 0.25) is 0 Å². The molecule has 4 nitrogen and oxygen atoms in total. The summed E-state index contributed by atoms with van der Waals surface area (Å²) in [4.78, 5) is 3.97. The van der Waals surface area contributed by atoms with Crippen LogP contribution in [0.25, 0.3) is 10.9 Å². The summed E-state index contributed by atoms with van der Waals surface area (Å²) in [6, 6.07) is 17.1. The molecular weight excluding hydrogens is 400 g/mol. The SMILES string of the molecule is CCn1cc(CN(CCC[NH+](CC)CC)C(=S)Nc2ccc(C)cc2)c2ccccc21. The fourth-order valence-corrected chi connectivity index (χ4v) is 4.41. The first-order chi connectivity index (χ1) is 15.0. The minimum atomic E-state index is 0.798. The van der Waals surface area contributed by atoms with Crippen LogP contribution in [0.1, 0.15) is 38.3 Å². The number of anilines is 1. The highest BCUT2D eigenvalue weighted by atomic mass is 32.1. The molecule has 0 radical (unpaired) electrons. The lowest BCUT2D eigenvalue weighted by Crippen LogP contribution is -3.11. The maximum Gasteiger partial charge on any atom is 0.173 e. The average molecular weight is 438 g/mol. The van der Waals surface area contributed by atoms with Crippen molar-refractivity contribution in [3.8, 4) is 0 Å². The van der Waals surface area contributed by atoms with E-state index >= 15 is 0 Å². The molecule has 2 aromatic carbocycles. The maximum atomic E-state index is 5.88. The Balaban J connectivity index is 1.79. The number of aromatic nitrogens is 1. The van der Waals surface area contributed by atoms with Gasteiger partial charge in [-0.05, 0) is 63.7 Å². The number of nitrogens with one attached hydrogen (secondary N) is 2. The number of aryl methyl sites for hydroxylation is 2. The monoisotopic (exact) mass is 437 g/mol. The molecule has 166 valence electrons. The molecule has 0 aliphatic carbocycles. The van der Waals surface area contributed by atoms with Gasteiger partial charge in [0.2, 0.25) is 0 Å². The number of hydrogen-bond donors (Lipinski definition) is 2. The van der Waals surface area contributed by atoms with E-state index in [1.54, 1.807) is 4.90 Å². The topological polar surface area (TPSA) is 24.6 Å². The van der Waals surface area contributed by atoms with E-state index in [0.717, 1.165) is 36.9 Å². The van der Waals surface area contributed by atoms with Gasteiger partial charge < -0.3 is 19.7 Å². The van der Waals surface area contributed by atoms with Gasteiger partial charge in [-0.3, -0.25) is 0 Å². The van der Waals surface area contributed by atoms with E-state index in [2.05, 4.69) is 97.2 Å². The van der Waals surface area contributed by atoms with Gasteiger partial charge in [-0.1, -0.05) is 35.9 Å². The zero-order valence-electron chi connectivity index (χ0n) is 19.4. The number of hydrogen-bond acceptors (Lipinski definition) is 1. The number of para-hydroxylation sites is 1. The lowest BCUT2D eigenvalue weighted by atomic mass is 10.1. The van der Waals surface area contributed by atoms with Gasteiger partial charge in [-0.15, -0.1) is 0 Å². The van der Waals surface area contributed by atoms with Crippen molar-refractivity contribution in [3.63, 3.8) is 0 Å². The van der Waals surface area contributed by atoms with Crippen LogP contribution in [0.15, 0.2) is 54.7 Å². The molecule has 5 heteroatoms. The third-order valence-electron chi connectivity index (χ3n) is 6.12. The Kier molecular flexibility index (Phi) is 8.50. The Bertz CT molecular complexity index is 973. The predicted molar refractivity (Wildman–Crippen MR) is 137 cm³/mol. The minimum Gasteiger partial charge on any atom is -0.347 e. The number of rotatable bonds is 10. The van der Waals surface area contributed by atoms with E-state index in [1.807, 2.05) is 0 Å². The van der Waals surface area contributed by atoms with E-state index in [4.69, 9.17) is 12.2 Å².